The topological polar surface area (TPSA) is 190 Å². The van der Waals surface area contributed by atoms with Gasteiger partial charge in [0, 0.05) is 29.4 Å². The van der Waals surface area contributed by atoms with Crippen LogP contribution in [-0.2, 0) is 20.8 Å². The number of H-pyrrole nitrogens is 1. The maximum absolute atomic E-state index is 15.6. The van der Waals surface area contributed by atoms with Crippen molar-refractivity contribution < 1.29 is 39.2 Å². The van der Waals surface area contributed by atoms with E-state index in [0.717, 1.165) is 6.07 Å². The molecule has 3 aliphatic carbocycles. The zero-order valence-electron chi connectivity index (χ0n) is 19.2. The second kappa shape index (κ2) is 7.73. The molecule has 12 heteroatoms. The number of hydrogen-bond donors (Lipinski definition) is 6. The van der Waals surface area contributed by atoms with Crippen LogP contribution in [0.2, 0.25) is 0 Å². The molecule has 3 aliphatic rings. The predicted octanol–water partition coefficient (Wildman–Crippen LogP) is 0.493. The lowest BCUT2D eigenvalue weighted by Crippen LogP contribution is -2.65. The highest BCUT2D eigenvalue weighted by Crippen LogP contribution is 2.53. The van der Waals surface area contributed by atoms with Gasteiger partial charge >= 0.3 is 0 Å². The molecule has 0 spiro atoms. The Hall–Kier alpha value is -4.03. The van der Waals surface area contributed by atoms with Crippen molar-refractivity contribution in [3.63, 3.8) is 0 Å². The number of rotatable bonds is 3. The van der Waals surface area contributed by atoms with Gasteiger partial charge in [-0.15, -0.1) is 0 Å². The van der Waals surface area contributed by atoms with Gasteiger partial charge in [0.2, 0.25) is 5.78 Å². The van der Waals surface area contributed by atoms with Gasteiger partial charge in [-0.25, -0.2) is 9.37 Å². The summed E-state index contributed by atoms with van der Waals surface area (Å²) >= 11 is 0. The van der Waals surface area contributed by atoms with Crippen LogP contribution in [0.25, 0.3) is 17.1 Å². The zero-order chi connectivity index (χ0) is 26.3. The number of benzene rings is 1. The van der Waals surface area contributed by atoms with Gasteiger partial charge in [0.05, 0.1) is 17.2 Å². The van der Waals surface area contributed by atoms with Gasteiger partial charge in [0.1, 0.15) is 34.5 Å². The van der Waals surface area contributed by atoms with E-state index in [1.807, 2.05) is 0 Å². The summed E-state index contributed by atoms with van der Waals surface area (Å²) in [6, 6.07) is -0.158. The highest BCUT2D eigenvalue weighted by Gasteiger charge is 2.64. The van der Waals surface area contributed by atoms with Gasteiger partial charge in [-0.2, -0.15) is 0 Å². The number of aromatic amines is 1. The Balaban J connectivity index is 1.74. The van der Waals surface area contributed by atoms with Crippen LogP contribution >= 0.6 is 0 Å². The van der Waals surface area contributed by atoms with Gasteiger partial charge in [-0.3, -0.25) is 19.3 Å². The Labute approximate surface area is 203 Å². The van der Waals surface area contributed by atoms with E-state index >= 15 is 4.39 Å². The van der Waals surface area contributed by atoms with Crippen molar-refractivity contribution in [1.29, 1.82) is 0 Å². The minimum absolute atomic E-state index is 0.0446. The summed E-state index contributed by atoms with van der Waals surface area (Å²) in [6.07, 6.45) is 2.60. The summed E-state index contributed by atoms with van der Waals surface area (Å²) < 4.78 is 15.6. The van der Waals surface area contributed by atoms with Crippen molar-refractivity contribution in [2.75, 3.05) is 14.1 Å². The minimum atomic E-state index is -2.74. The fourth-order valence-corrected chi connectivity index (χ4v) is 5.87. The number of carbonyl (C=O) groups is 3. The molecule has 1 heterocycles. The quantitative estimate of drug-likeness (QED) is 0.327. The first-order valence-corrected chi connectivity index (χ1v) is 11.1. The van der Waals surface area contributed by atoms with E-state index in [1.54, 1.807) is 0 Å². The number of aromatic nitrogens is 2. The van der Waals surface area contributed by atoms with Gasteiger partial charge in [-0.1, -0.05) is 0 Å². The molecule has 2 aromatic rings. The Kier molecular flexibility index (Phi) is 5.09. The number of likely N-dealkylation sites (N-methyl/N-ethyl adjacent to an activating group) is 1. The van der Waals surface area contributed by atoms with Crippen molar-refractivity contribution in [2.45, 2.75) is 24.5 Å². The van der Waals surface area contributed by atoms with E-state index < -0.39 is 69.6 Å². The van der Waals surface area contributed by atoms with Gasteiger partial charge in [0.25, 0.3) is 5.91 Å². The predicted molar refractivity (Wildman–Crippen MR) is 122 cm³/mol. The molecule has 7 N–H and O–H groups in total. The molecule has 0 saturated heterocycles. The molecule has 1 saturated carbocycles. The highest BCUT2D eigenvalue weighted by molar-refractivity contribution is 6.24. The number of phenolic OH excluding ortho intramolecular Hbond substituents is 1. The Bertz CT molecular complexity index is 1410. The molecule has 0 radical (unpaired) electrons. The second-order valence-corrected chi connectivity index (χ2v) is 9.51. The lowest BCUT2D eigenvalue weighted by atomic mass is 9.57. The smallest absolute Gasteiger partial charge is 0.255 e. The molecule has 11 nitrogen and oxygen atoms in total. The average Bonchev–Trinajstić information content (AvgIpc) is 3.32. The molecule has 1 aromatic carbocycles. The van der Waals surface area contributed by atoms with E-state index in [4.69, 9.17) is 5.73 Å². The van der Waals surface area contributed by atoms with Crippen LogP contribution in [0.1, 0.15) is 17.5 Å². The summed E-state index contributed by atoms with van der Waals surface area (Å²) in [5.41, 5.74) is 0.877. The second-order valence-electron chi connectivity index (χ2n) is 9.51. The van der Waals surface area contributed by atoms with Crippen LogP contribution < -0.4 is 5.73 Å². The molecule has 36 heavy (non-hydrogen) atoms. The fraction of sp³-hybridized carbons (Fsp3) is 0.333. The normalized spacial score (nSPS) is 27.8. The molecule has 188 valence electrons. The third-order valence-electron chi connectivity index (χ3n) is 7.41. The fourth-order valence-electron chi connectivity index (χ4n) is 5.87. The Morgan fingerprint density at radius 3 is 2.56 bits per heavy atom. The largest absolute Gasteiger partial charge is 0.508 e. The number of nitrogens with one attached hydrogen (secondary N) is 1. The third kappa shape index (κ3) is 2.91. The first-order chi connectivity index (χ1) is 16.9. The maximum atomic E-state index is 15.6. The lowest BCUT2D eigenvalue weighted by molar-refractivity contribution is -0.153. The SMILES string of the molecule is CN(C)[C@@H]1C(=O)C(C(N)=O)=C(O)[C@@]2(O)C(=O)C3=C(O)c4c(O)cc(-c5ncc[nH]5)c(F)c4C[C@H]3C[C@@H]12. The van der Waals surface area contributed by atoms with Crippen molar-refractivity contribution >= 4 is 23.2 Å². The number of halogens is 1. The van der Waals surface area contributed by atoms with Crippen LogP contribution in [0.15, 0.2) is 35.4 Å². The van der Waals surface area contributed by atoms with Crippen LogP contribution in [0, 0.1) is 17.7 Å². The molecule has 5 rings (SSSR count). The molecule has 4 atom stereocenters. The van der Waals surface area contributed by atoms with Crippen molar-refractivity contribution in [3.05, 3.63) is 52.3 Å². The van der Waals surface area contributed by atoms with Crippen molar-refractivity contribution in [3.8, 4) is 17.1 Å². The first kappa shape index (κ1) is 23.7. The number of carbonyl (C=O) groups excluding carboxylic acids is 3. The Morgan fingerprint density at radius 2 is 1.97 bits per heavy atom. The van der Waals surface area contributed by atoms with Crippen molar-refractivity contribution in [1.82, 2.24) is 14.9 Å². The van der Waals surface area contributed by atoms with Crippen LogP contribution in [-0.4, -0.2) is 78.5 Å². The number of fused-ring (bicyclic) bond motifs is 3. The van der Waals surface area contributed by atoms with E-state index in [2.05, 4.69) is 9.97 Å². The number of aliphatic hydroxyl groups is 3. The summed E-state index contributed by atoms with van der Waals surface area (Å²) in [5, 5.41) is 44.1. The highest BCUT2D eigenvalue weighted by atomic mass is 19.1. The average molecular weight is 498 g/mol. The maximum Gasteiger partial charge on any atom is 0.255 e. The van der Waals surface area contributed by atoms with Crippen LogP contribution in [0.3, 0.4) is 0 Å². The minimum Gasteiger partial charge on any atom is -0.508 e. The number of primary amides is 1. The number of hydrogen-bond acceptors (Lipinski definition) is 9. The molecule has 0 unspecified atom stereocenters. The number of aliphatic hydroxyl groups excluding tert-OH is 2. The van der Waals surface area contributed by atoms with Crippen LogP contribution in [0.4, 0.5) is 4.39 Å². The molecule has 1 amide bonds. The van der Waals surface area contributed by atoms with E-state index in [1.165, 1.54) is 31.4 Å². The number of amides is 1. The summed E-state index contributed by atoms with van der Waals surface area (Å²) in [4.78, 5) is 46.9. The number of nitrogens with zero attached hydrogens (tertiary/aromatic N) is 2. The monoisotopic (exact) mass is 498 g/mol. The molecular formula is C24H23FN4O7. The van der Waals surface area contributed by atoms with Gasteiger partial charge in [-0.05, 0) is 38.9 Å². The number of Topliss-reactive ketones (excluding diaryl/α,β-unsaturated/α-hetero) is 2. The summed E-state index contributed by atoms with van der Waals surface area (Å²) in [6.45, 7) is 0. The number of imidazole rings is 1. The number of aromatic hydroxyl groups is 1. The van der Waals surface area contributed by atoms with Gasteiger partial charge < -0.3 is 31.1 Å². The number of ketones is 2. The van der Waals surface area contributed by atoms with Crippen molar-refractivity contribution in [2.24, 2.45) is 17.6 Å². The van der Waals surface area contributed by atoms with E-state index in [9.17, 15) is 34.8 Å². The molecule has 0 aliphatic heterocycles. The lowest BCUT2D eigenvalue weighted by Gasteiger charge is -2.50. The van der Waals surface area contributed by atoms with Gasteiger partial charge in [0.15, 0.2) is 11.4 Å². The molecule has 1 aromatic heterocycles. The van der Waals surface area contributed by atoms with E-state index in [-0.39, 0.29) is 40.9 Å². The van der Waals surface area contributed by atoms with Crippen LogP contribution in [0.5, 0.6) is 5.75 Å². The number of phenols is 1. The standard InChI is InChI=1S/C24H23FN4O7/c1-29(2)17-11-6-8-5-9-14(12(30)7-10(16(9)25)23-27-3-4-28-23)18(31)13(8)20(33)24(11,36)21(34)15(19(17)32)22(26)35/h3-4,7-8,11,17,30-31,34,36H,5-6H2,1-2H3,(H2,26,35)(H,27,28)/t8-,11-,17-,24-/m0/s1. The summed E-state index contributed by atoms with van der Waals surface area (Å²) in [5.74, 6) is -8.50. The Morgan fingerprint density at radius 1 is 1.28 bits per heavy atom. The van der Waals surface area contributed by atoms with E-state index in [0.29, 0.717) is 0 Å². The number of nitrogens with two attached hydrogens (primary N) is 1. The third-order valence-corrected chi connectivity index (χ3v) is 7.41. The zero-order valence-corrected chi connectivity index (χ0v) is 19.2. The summed E-state index contributed by atoms with van der Waals surface area (Å²) in [7, 11) is 3.00. The first-order valence-electron chi connectivity index (χ1n) is 11.1. The molecule has 1 fully saturated rings. The molecule has 0 bridgehead atoms. The molecular weight excluding hydrogens is 475 g/mol.